The molecule has 1 saturated heterocycles. The Morgan fingerprint density at radius 3 is 2.50 bits per heavy atom. The first-order chi connectivity index (χ1) is 11.7. The number of likely N-dealkylation sites (tertiary alicyclic amines) is 1. The standard InChI is InChI=1S/C19H22N2O2S/c22-18(13-16-8-11-24-14-16)20-17(12-15-6-2-1-3-7-15)19(23)21-9-4-5-10-21/h1-3,6-8,11,14,17H,4-5,9-10,12-13H2,(H,20,22). The van der Waals surface area contributed by atoms with E-state index in [1.165, 1.54) is 0 Å². The zero-order chi connectivity index (χ0) is 16.8. The average Bonchev–Trinajstić information content (AvgIpc) is 3.28. The molecule has 1 atom stereocenters. The van der Waals surface area contributed by atoms with Gasteiger partial charge in [0.25, 0.3) is 0 Å². The molecule has 1 fully saturated rings. The summed E-state index contributed by atoms with van der Waals surface area (Å²) in [5.41, 5.74) is 2.05. The van der Waals surface area contributed by atoms with Gasteiger partial charge in [-0.3, -0.25) is 9.59 Å². The van der Waals surface area contributed by atoms with Crippen molar-refractivity contribution in [3.63, 3.8) is 0 Å². The molecule has 2 amide bonds. The molecule has 1 aliphatic rings. The third-order valence-electron chi connectivity index (χ3n) is 4.28. The summed E-state index contributed by atoms with van der Waals surface area (Å²) in [4.78, 5) is 27.0. The summed E-state index contributed by atoms with van der Waals surface area (Å²) in [5, 5.41) is 6.88. The van der Waals surface area contributed by atoms with Crippen molar-refractivity contribution < 1.29 is 9.59 Å². The van der Waals surface area contributed by atoms with Crippen LogP contribution in [0.4, 0.5) is 0 Å². The van der Waals surface area contributed by atoms with Gasteiger partial charge in [0.2, 0.25) is 11.8 Å². The van der Waals surface area contributed by atoms with E-state index in [1.807, 2.05) is 52.1 Å². The smallest absolute Gasteiger partial charge is 0.245 e. The Morgan fingerprint density at radius 1 is 1.08 bits per heavy atom. The lowest BCUT2D eigenvalue weighted by molar-refractivity contribution is -0.135. The van der Waals surface area contributed by atoms with Gasteiger partial charge in [0, 0.05) is 19.5 Å². The van der Waals surface area contributed by atoms with Crippen LogP contribution in [0.15, 0.2) is 47.2 Å². The molecule has 1 aliphatic heterocycles. The SMILES string of the molecule is O=C(Cc1ccsc1)NC(Cc1ccccc1)C(=O)N1CCCC1. The fourth-order valence-electron chi connectivity index (χ4n) is 3.03. The van der Waals surface area contributed by atoms with Gasteiger partial charge in [-0.2, -0.15) is 11.3 Å². The Labute approximate surface area is 146 Å². The zero-order valence-corrected chi connectivity index (χ0v) is 14.4. The number of nitrogens with zero attached hydrogens (tertiary/aromatic N) is 1. The van der Waals surface area contributed by atoms with Gasteiger partial charge in [-0.05, 0) is 40.8 Å². The number of hydrogen-bond acceptors (Lipinski definition) is 3. The van der Waals surface area contributed by atoms with Crippen LogP contribution in [-0.2, 0) is 22.4 Å². The maximum absolute atomic E-state index is 12.8. The van der Waals surface area contributed by atoms with Crippen molar-refractivity contribution in [3.05, 3.63) is 58.3 Å². The lowest BCUT2D eigenvalue weighted by Crippen LogP contribution is -2.49. The molecule has 0 saturated carbocycles. The number of amides is 2. The molecule has 1 aromatic heterocycles. The normalized spacial score (nSPS) is 15.2. The van der Waals surface area contributed by atoms with Gasteiger partial charge in [0.1, 0.15) is 6.04 Å². The van der Waals surface area contributed by atoms with E-state index in [0.717, 1.165) is 37.1 Å². The molecule has 2 aromatic rings. The second-order valence-electron chi connectivity index (χ2n) is 6.15. The Hall–Kier alpha value is -2.14. The van der Waals surface area contributed by atoms with E-state index in [2.05, 4.69) is 5.32 Å². The summed E-state index contributed by atoms with van der Waals surface area (Å²) < 4.78 is 0. The molecule has 1 aromatic carbocycles. The Kier molecular flexibility index (Phi) is 5.64. The zero-order valence-electron chi connectivity index (χ0n) is 13.6. The van der Waals surface area contributed by atoms with Crippen molar-refractivity contribution in [1.29, 1.82) is 0 Å². The molecule has 0 radical (unpaired) electrons. The molecule has 5 heteroatoms. The summed E-state index contributed by atoms with van der Waals surface area (Å²) in [6, 6.07) is 11.3. The number of nitrogens with one attached hydrogen (secondary N) is 1. The van der Waals surface area contributed by atoms with E-state index in [-0.39, 0.29) is 11.8 Å². The van der Waals surface area contributed by atoms with Crippen molar-refractivity contribution in [2.24, 2.45) is 0 Å². The van der Waals surface area contributed by atoms with Crippen LogP contribution in [0.3, 0.4) is 0 Å². The monoisotopic (exact) mass is 342 g/mol. The molecule has 3 rings (SSSR count). The molecule has 24 heavy (non-hydrogen) atoms. The first-order valence-corrected chi connectivity index (χ1v) is 9.30. The lowest BCUT2D eigenvalue weighted by atomic mass is 10.0. The number of hydrogen-bond donors (Lipinski definition) is 1. The van der Waals surface area contributed by atoms with Crippen LogP contribution in [0, 0.1) is 0 Å². The van der Waals surface area contributed by atoms with Crippen molar-refractivity contribution in [2.45, 2.75) is 31.7 Å². The number of thiophene rings is 1. The molecular formula is C19H22N2O2S. The summed E-state index contributed by atoms with van der Waals surface area (Å²) in [7, 11) is 0. The van der Waals surface area contributed by atoms with Crippen LogP contribution in [0.25, 0.3) is 0 Å². The Morgan fingerprint density at radius 2 is 1.83 bits per heavy atom. The minimum absolute atomic E-state index is 0.0371. The molecular weight excluding hydrogens is 320 g/mol. The number of rotatable bonds is 6. The number of carbonyl (C=O) groups excluding carboxylic acids is 2. The maximum atomic E-state index is 12.8. The van der Waals surface area contributed by atoms with Gasteiger partial charge in [0.05, 0.1) is 6.42 Å². The first-order valence-electron chi connectivity index (χ1n) is 8.35. The topological polar surface area (TPSA) is 49.4 Å². The molecule has 4 nitrogen and oxygen atoms in total. The highest BCUT2D eigenvalue weighted by molar-refractivity contribution is 7.08. The molecule has 2 heterocycles. The van der Waals surface area contributed by atoms with Crippen molar-refractivity contribution in [1.82, 2.24) is 10.2 Å². The quantitative estimate of drug-likeness (QED) is 0.877. The molecule has 0 bridgehead atoms. The van der Waals surface area contributed by atoms with Crippen molar-refractivity contribution >= 4 is 23.2 Å². The van der Waals surface area contributed by atoms with Crippen LogP contribution in [0.1, 0.15) is 24.0 Å². The average molecular weight is 342 g/mol. The highest BCUT2D eigenvalue weighted by atomic mass is 32.1. The Balaban J connectivity index is 1.68. The van der Waals surface area contributed by atoms with Crippen LogP contribution < -0.4 is 5.32 Å². The van der Waals surface area contributed by atoms with E-state index in [9.17, 15) is 9.59 Å². The predicted octanol–water partition coefficient (Wildman–Crippen LogP) is 2.64. The van der Waals surface area contributed by atoms with E-state index >= 15 is 0 Å². The van der Waals surface area contributed by atoms with Gasteiger partial charge in [-0.15, -0.1) is 0 Å². The van der Waals surface area contributed by atoms with E-state index < -0.39 is 6.04 Å². The molecule has 1 unspecified atom stereocenters. The van der Waals surface area contributed by atoms with E-state index in [0.29, 0.717) is 12.8 Å². The van der Waals surface area contributed by atoms with Gasteiger partial charge in [0.15, 0.2) is 0 Å². The highest BCUT2D eigenvalue weighted by Gasteiger charge is 2.27. The Bertz CT molecular complexity index is 664. The largest absolute Gasteiger partial charge is 0.344 e. The second-order valence-corrected chi connectivity index (χ2v) is 6.93. The van der Waals surface area contributed by atoms with Crippen LogP contribution in [0.5, 0.6) is 0 Å². The van der Waals surface area contributed by atoms with Gasteiger partial charge in [-0.25, -0.2) is 0 Å². The van der Waals surface area contributed by atoms with Gasteiger partial charge < -0.3 is 10.2 Å². The third-order valence-corrected chi connectivity index (χ3v) is 5.01. The maximum Gasteiger partial charge on any atom is 0.245 e. The summed E-state index contributed by atoms with van der Waals surface area (Å²) >= 11 is 1.57. The third kappa shape index (κ3) is 4.45. The molecule has 0 spiro atoms. The number of benzene rings is 1. The fraction of sp³-hybridized carbons (Fsp3) is 0.368. The predicted molar refractivity (Wildman–Crippen MR) is 95.9 cm³/mol. The van der Waals surface area contributed by atoms with Crippen molar-refractivity contribution in [2.75, 3.05) is 13.1 Å². The van der Waals surface area contributed by atoms with E-state index in [1.54, 1.807) is 11.3 Å². The van der Waals surface area contributed by atoms with Crippen molar-refractivity contribution in [3.8, 4) is 0 Å². The van der Waals surface area contributed by atoms with Crippen LogP contribution in [-0.4, -0.2) is 35.8 Å². The minimum Gasteiger partial charge on any atom is -0.344 e. The van der Waals surface area contributed by atoms with Crippen LogP contribution >= 0.6 is 11.3 Å². The van der Waals surface area contributed by atoms with E-state index in [4.69, 9.17) is 0 Å². The molecule has 126 valence electrons. The fourth-order valence-corrected chi connectivity index (χ4v) is 3.70. The minimum atomic E-state index is -0.489. The molecule has 1 N–H and O–H groups in total. The summed E-state index contributed by atoms with van der Waals surface area (Å²) in [6.07, 6.45) is 2.95. The summed E-state index contributed by atoms with van der Waals surface area (Å²) in [5.74, 6) is -0.0584. The first kappa shape index (κ1) is 16.7. The second kappa shape index (κ2) is 8.11. The van der Waals surface area contributed by atoms with Gasteiger partial charge >= 0.3 is 0 Å². The number of carbonyl (C=O) groups is 2. The van der Waals surface area contributed by atoms with Gasteiger partial charge in [-0.1, -0.05) is 30.3 Å². The lowest BCUT2D eigenvalue weighted by Gasteiger charge is -2.24. The summed E-state index contributed by atoms with van der Waals surface area (Å²) in [6.45, 7) is 1.59. The highest BCUT2D eigenvalue weighted by Crippen LogP contribution is 2.13. The van der Waals surface area contributed by atoms with Crippen LogP contribution in [0.2, 0.25) is 0 Å². The molecule has 0 aliphatic carbocycles.